The molecule has 1 aliphatic heterocycles. The number of carbonyl (C=O) groups excluding carboxylic acids is 1. The molecular weight excluding hydrogens is 238 g/mol. The fourth-order valence-electron chi connectivity index (χ4n) is 1.80. The van der Waals surface area contributed by atoms with Gasteiger partial charge in [0.1, 0.15) is 0 Å². The van der Waals surface area contributed by atoms with Crippen LogP contribution in [0.15, 0.2) is 16.8 Å². The maximum atomic E-state index is 11.7. The van der Waals surface area contributed by atoms with Crippen LogP contribution in [-0.4, -0.2) is 40.3 Å². The van der Waals surface area contributed by atoms with E-state index < -0.39 is 11.9 Å². The van der Waals surface area contributed by atoms with E-state index in [1.165, 1.54) is 6.20 Å². The zero-order valence-corrected chi connectivity index (χ0v) is 10.00. The molecule has 2 N–H and O–H groups in total. The summed E-state index contributed by atoms with van der Waals surface area (Å²) < 4.78 is 4.85. The fraction of sp³-hybridized carbons (Fsp3) is 0.545. The average molecular weight is 253 g/mol. The summed E-state index contributed by atoms with van der Waals surface area (Å²) >= 11 is 0. The van der Waals surface area contributed by atoms with Gasteiger partial charge in [0.05, 0.1) is 18.7 Å². The third-order valence-corrected chi connectivity index (χ3v) is 3.20. The fourth-order valence-corrected chi connectivity index (χ4v) is 1.80. The van der Waals surface area contributed by atoms with Crippen LogP contribution in [0, 0.1) is 11.8 Å². The van der Waals surface area contributed by atoms with Crippen molar-refractivity contribution in [3.63, 3.8) is 0 Å². The minimum absolute atomic E-state index is 0.0403. The molecule has 1 saturated heterocycles. The lowest BCUT2D eigenvalue weighted by atomic mass is 9.87. The molecule has 2 amide bonds. The predicted molar refractivity (Wildman–Crippen MR) is 60.6 cm³/mol. The summed E-state index contributed by atoms with van der Waals surface area (Å²) in [6.07, 6.45) is 1.51. The summed E-state index contributed by atoms with van der Waals surface area (Å²) in [5.74, 6) is -0.608. The van der Waals surface area contributed by atoms with Gasteiger partial charge < -0.3 is 19.8 Å². The van der Waals surface area contributed by atoms with Crippen molar-refractivity contribution in [2.45, 2.75) is 13.5 Å². The molecular formula is C11H15N3O4. The van der Waals surface area contributed by atoms with Crippen molar-refractivity contribution in [3.8, 4) is 0 Å². The van der Waals surface area contributed by atoms with Crippen LogP contribution in [0.2, 0.25) is 0 Å². The molecule has 1 atom stereocenters. The first-order valence-corrected chi connectivity index (χ1v) is 5.73. The van der Waals surface area contributed by atoms with Crippen LogP contribution in [-0.2, 0) is 11.3 Å². The number of carboxylic acid groups (broad SMARTS) is 1. The Morgan fingerprint density at radius 2 is 2.39 bits per heavy atom. The molecule has 7 heteroatoms. The van der Waals surface area contributed by atoms with Crippen molar-refractivity contribution in [2.75, 3.05) is 13.1 Å². The molecule has 98 valence electrons. The minimum Gasteiger partial charge on any atom is -0.481 e. The molecule has 0 radical (unpaired) electrons. The van der Waals surface area contributed by atoms with Crippen molar-refractivity contribution >= 4 is 12.0 Å². The highest BCUT2D eigenvalue weighted by Crippen LogP contribution is 2.23. The Hall–Kier alpha value is -2.05. The van der Waals surface area contributed by atoms with E-state index >= 15 is 0 Å². The maximum Gasteiger partial charge on any atom is 0.317 e. The van der Waals surface area contributed by atoms with Crippen molar-refractivity contribution in [3.05, 3.63) is 18.0 Å². The lowest BCUT2D eigenvalue weighted by Gasteiger charge is -2.40. The molecule has 7 nitrogen and oxygen atoms in total. The van der Waals surface area contributed by atoms with E-state index in [0.29, 0.717) is 18.8 Å². The Balaban J connectivity index is 1.71. The molecule has 1 fully saturated rings. The van der Waals surface area contributed by atoms with Crippen LogP contribution in [0.3, 0.4) is 0 Å². The Bertz CT molecular complexity index is 426. The topological polar surface area (TPSA) is 95.7 Å². The molecule has 1 unspecified atom stereocenters. The molecule has 0 bridgehead atoms. The number of carbonyl (C=O) groups is 2. The van der Waals surface area contributed by atoms with E-state index in [0.717, 1.165) is 0 Å². The zero-order valence-electron chi connectivity index (χ0n) is 10.00. The number of aromatic nitrogens is 1. The monoisotopic (exact) mass is 253 g/mol. The summed E-state index contributed by atoms with van der Waals surface area (Å²) in [5.41, 5.74) is 0. The second-order valence-corrected chi connectivity index (χ2v) is 4.43. The number of hydrogen-bond acceptors (Lipinski definition) is 4. The summed E-state index contributed by atoms with van der Waals surface area (Å²) in [5, 5.41) is 15.0. The summed E-state index contributed by atoms with van der Waals surface area (Å²) in [6.45, 7) is 2.91. The highest BCUT2D eigenvalue weighted by molar-refractivity contribution is 5.76. The molecule has 2 rings (SSSR count). The van der Waals surface area contributed by atoms with Crippen LogP contribution in [0.4, 0.5) is 4.79 Å². The van der Waals surface area contributed by atoms with Gasteiger partial charge in [0.15, 0.2) is 5.76 Å². The third kappa shape index (κ3) is 2.61. The number of nitrogens with zero attached hydrogens (tertiary/aromatic N) is 2. The van der Waals surface area contributed by atoms with E-state index in [1.807, 2.05) is 0 Å². The van der Waals surface area contributed by atoms with E-state index in [9.17, 15) is 9.59 Å². The molecule has 0 aliphatic carbocycles. The Kier molecular flexibility index (Phi) is 3.50. The number of amides is 2. The van der Waals surface area contributed by atoms with Crippen LogP contribution in [0.5, 0.6) is 0 Å². The van der Waals surface area contributed by atoms with Gasteiger partial charge in [-0.3, -0.25) is 4.79 Å². The van der Waals surface area contributed by atoms with Crippen molar-refractivity contribution in [2.24, 2.45) is 11.8 Å². The second-order valence-electron chi connectivity index (χ2n) is 4.43. The summed E-state index contributed by atoms with van der Waals surface area (Å²) in [4.78, 5) is 24.0. The quantitative estimate of drug-likeness (QED) is 0.816. The zero-order chi connectivity index (χ0) is 13.1. The number of urea groups is 1. The number of nitrogens with one attached hydrogen (secondary N) is 1. The Labute approximate surface area is 104 Å². The van der Waals surface area contributed by atoms with Crippen molar-refractivity contribution in [1.82, 2.24) is 15.4 Å². The van der Waals surface area contributed by atoms with E-state index in [2.05, 4.69) is 10.5 Å². The molecule has 2 heterocycles. The summed E-state index contributed by atoms with van der Waals surface area (Å²) in [7, 11) is 0. The molecule has 0 spiro atoms. The maximum absolute atomic E-state index is 11.7. The van der Waals surface area contributed by atoms with Gasteiger partial charge in [-0.2, -0.15) is 0 Å². The first kappa shape index (κ1) is 12.4. The van der Waals surface area contributed by atoms with Gasteiger partial charge >= 0.3 is 12.0 Å². The molecule has 1 aromatic rings. The summed E-state index contributed by atoms with van der Waals surface area (Å²) in [6, 6.07) is 1.46. The van der Waals surface area contributed by atoms with Gasteiger partial charge in [0.25, 0.3) is 0 Å². The Morgan fingerprint density at radius 3 is 2.94 bits per heavy atom. The number of hydrogen-bond donors (Lipinski definition) is 2. The predicted octanol–water partition coefficient (Wildman–Crippen LogP) is 0.537. The standard InChI is InChI=1S/C11H15N3O4/c1-7(10(15)16)8-5-14(6-8)11(17)12-4-9-2-3-13-18-9/h2-3,7-8H,4-6H2,1H3,(H,12,17)(H,15,16). The number of likely N-dealkylation sites (tertiary alicyclic amines) is 1. The number of aliphatic carboxylic acids is 1. The minimum atomic E-state index is -0.818. The Morgan fingerprint density at radius 1 is 1.67 bits per heavy atom. The van der Waals surface area contributed by atoms with Gasteiger partial charge in [0.2, 0.25) is 0 Å². The van der Waals surface area contributed by atoms with E-state index in [-0.39, 0.29) is 18.5 Å². The molecule has 1 aromatic heterocycles. The van der Waals surface area contributed by atoms with Gasteiger partial charge in [-0.05, 0) is 0 Å². The molecule has 1 aliphatic rings. The highest BCUT2D eigenvalue weighted by Gasteiger charge is 2.37. The smallest absolute Gasteiger partial charge is 0.317 e. The molecule has 0 aromatic carbocycles. The molecule has 0 saturated carbocycles. The van der Waals surface area contributed by atoms with Crippen molar-refractivity contribution < 1.29 is 19.2 Å². The van der Waals surface area contributed by atoms with Gasteiger partial charge in [0, 0.05) is 25.1 Å². The average Bonchev–Trinajstić information content (AvgIpc) is 2.76. The van der Waals surface area contributed by atoms with Crippen LogP contribution in [0.1, 0.15) is 12.7 Å². The van der Waals surface area contributed by atoms with Gasteiger partial charge in [-0.15, -0.1) is 0 Å². The number of carboxylic acids is 1. The first-order chi connectivity index (χ1) is 8.58. The van der Waals surface area contributed by atoms with Gasteiger partial charge in [-0.1, -0.05) is 12.1 Å². The van der Waals surface area contributed by atoms with Crippen LogP contribution in [0.25, 0.3) is 0 Å². The van der Waals surface area contributed by atoms with E-state index in [4.69, 9.17) is 9.63 Å². The SMILES string of the molecule is CC(C(=O)O)C1CN(C(=O)NCc2ccno2)C1. The van der Waals surface area contributed by atoms with E-state index in [1.54, 1.807) is 17.9 Å². The lowest BCUT2D eigenvalue weighted by Crippen LogP contribution is -2.56. The first-order valence-electron chi connectivity index (χ1n) is 5.73. The van der Waals surface area contributed by atoms with Gasteiger partial charge in [-0.25, -0.2) is 4.79 Å². The van der Waals surface area contributed by atoms with Crippen LogP contribution < -0.4 is 5.32 Å². The second kappa shape index (κ2) is 5.07. The lowest BCUT2D eigenvalue weighted by molar-refractivity contribution is -0.144. The highest BCUT2D eigenvalue weighted by atomic mass is 16.5. The largest absolute Gasteiger partial charge is 0.481 e. The third-order valence-electron chi connectivity index (χ3n) is 3.20. The van der Waals surface area contributed by atoms with Crippen molar-refractivity contribution in [1.29, 1.82) is 0 Å². The van der Waals surface area contributed by atoms with Crippen LogP contribution >= 0.6 is 0 Å². The normalized spacial score (nSPS) is 17.1. The molecule has 18 heavy (non-hydrogen) atoms. The number of rotatable bonds is 4.